The van der Waals surface area contributed by atoms with Gasteiger partial charge >= 0.3 is 6.18 Å². The number of rotatable bonds is 4. The highest BCUT2D eigenvalue weighted by Gasteiger charge is 2.33. The molecule has 0 aliphatic heterocycles. The lowest BCUT2D eigenvalue weighted by molar-refractivity contribution is -0.141. The number of anilines is 1. The molecular formula is C18H12ClF3N4O2. The largest absolute Gasteiger partial charge is 0.457 e. The average Bonchev–Trinajstić information content (AvgIpc) is 2.63. The van der Waals surface area contributed by atoms with E-state index in [0.717, 1.165) is 0 Å². The number of hydrogen-bond donors (Lipinski definition) is 1. The fourth-order valence-electron chi connectivity index (χ4n) is 2.18. The number of halogens is 4. The summed E-state index contributed by atoms with van der Waals surface area (Å²) in [7, 11) is 0. The molecule has 0 unspecified atom stereocenters. The predicted molar refractivity (Wildman–Crippen MR) is 98.9 cm³/mol. The molecule has 144 valence electrons. The summed E-state index contributed by atoms with van der Waals surface area (Å²) in [5.74, 6) is 0.227. The first-order valence-corrected chi connectivity index (χ1v) is 8.15. The van der Waals surface area contributed by atoms with Crippen molar-refractivity contribution in [3.63, 3.8) is 0 Å². The maximum atomic E-state index is 12.7. The van der Waals surface area contributed by atoms with Crippen LogP contribution in [0.15, 0.2) is 64.5 Å². The molecule has 0 spiro atoms. The van der Waals surface area contributed by atoms with Gasteiger partial charge in [-0.1, -0.05) is 23.7 Å². The summed E-state index contributed by atoms with van der Waals surface area (Å²) >= 11 is 5.84. The Bertz CT molecular complexity index is 1080. The standard InChI is InChI=1S/C18H12ClF3N4O2/c19-12-5-7-13(8-6-12)28-14-4-2-1-3-11(14)10-24-26-16(27)9-15(18(20,21)22)25-17(26)23/h1-10H,(H2,23,25)/b24-10+. The number of nitrogens with zero attached hydrogens (tertiary/aromatic N) is 3. The van der Waals surface area contributed by atoms with Crippen LogP contribution in [-0.2, 0) is 6.18 Å². The molecule has 0 saturated carbocycles. The van der Waals surface area contributed by atoms with Crippen molar-refractivity contribution in [3.8, 4) is 11.5 Å². The molecule has 1 aromatic heterocycles. The van der Waals surface area contributed by atoms with Crippen molar-refractivity contribution in [3.05, 3.63) is 81.2 Å². The third kappa shape index (κ3) is 4.49. The van der Waals surface area contributed by atoms with E-state index in [1.54, 1.807) is 48.5 Å². The molecule has 0 aliphatic carbocycles. The minimum Gasteiger partial charge on any atom is -0.457 e. The van der Waals surface area contributed by atoms with Gasteiger partial charge in [0.2, 0.25) is 5.95 Å². The smallest absolute Gasteiger partial charge is 0.433 e. The molecule has 3 aromatic rings. The lowest BCUT2D eigenvalue weighted by Crippen LogP contribution is -2.24. The highest BCUT2D eigenvalue weighted by atomic mass is 35.5. The molecule has 3 rings (SSSR count). The first-order chi connectivity index (χ1) is 13.2. The van der Waals surface area contributed by atoms with Gasteiger partial charge in [-0.05, 0) is 36.4 Å². The van der Waals surface area contributed by atoms with Crippen LogP contribution >= 0.6 is 11.6 Å². The zero-order valence-electron chi connectivity index (χ0n) is 14.0. The van der Waals surface area contributed by atoms with Crippen molar-refractivity contribution in [2.24, 2.45) is 5.10 Å². The van der Waals surface area contributed by atoms with Gasteiger partial charge in [-0.25, -0.2) is 4.98 Å². The Morgan fingerprint density at radius 2 is 1.82 bits per heavy atom. The number of nitrogen functional groups attached to an aromatic ring is 1. The Balaban J connectivity index is 1.91. The Kier molecular flexibility index (Phi) is 5.36. The van der Waals surface area contributed by atoms with Crippen molar-refractivity contribution in [2.75, 3.05) is 5.73 Å². The van der Waals surface area contributed by atoms with Gasteiger partial charge in [-0.2, -0.15) is 22.9 Å². The van der Waals surface area contributed by atoms with Gasteiger partial charge in [0.1, 0.15) is 11.5 Å². The number of ether oxygens (including phenoxy) is 1. The maximum absolute atomic E-state index is 12.7. The molecule has 1 heterocycles. The molecule has 28 heavy (non-hydrogen) atoms. The quantitative estimate of drug-likeness (QED) is 0.657. The maximum Gasteiger partial charge on any atom is 0.433 e. The fourth-order valence-corrected chi connectivity index (χ4v) is 2.31. The van der Waals surface area contributed by atoms with Gasteiger partial charge in [0.25, 0.3) is 5.56 Å². The summed E-state index contributed by atoms with van der Waals surface area (Å²) < 4.78 is 44.4. The fraction of sp³-hybridized carbons (Fsp3) is 0.0556. The third-order valence-electron chi connectivity index (χ3n) is 3.48. The first-order valence-electron chi connectivity index (χ1n) is 7.77. The van der Waals surface area contributed by atoms with E-state index in [9.17, 15) is 18.0 Å². The molecule has 6 nitrogen and oxygen atoms in total. The van der Waals surface area contributed by atoms with Gasteiger partial charge in [-0.15, -0.1) is 0 Å². The molecular weight excluding hydrogens is 397 g/mol. The number of hydrogen-bond acceptors (Lipinski definition) is 5. The number of alkyl halides is 3. The van der Waals surface area contributed by atoms with E-state index in [1.807, 2.05) is 0 Å². The Morgan fingerprint density at radius 1 is 1.14 bits per heavy atom. The van der Waals surface area contributed by atoms with Crippen molar-refractivity contribution < 1.29 is 17.9 Å². The van der Waals surface area contributed by atoms with Gasteiger partial charge in [-0.3, -0.25) is 4.79 Å². The summed E-state index contributed by atoms with van der Waals surface area (Å²) in [5, 5.41) is 4.39. The van der Waals surface area contributed by atoms with Crippen LogP contribution in [0.4, 0.5) is 19.1 Å². The predicted octanol–water partition coefficient (Wildman–Crippen LogP) is 4.17. The van der Waals surface area contributed by atoms with Crippen molar-refractivity contribution in [1.29, 1.82) is 0 Å². The molecule has 0 radical (unpaired) electrons. The van der Waals surface area contributed by atoms with Gasteiger partial charge < -0.3 is 10.5 Å². The number of aromatic nitrogens is 2. The Morgan fingerprint density at radius 3 is 2.46 bits per heavy atom. The second-order valence-corrected chi connectivity index (χ2v) is 5.92. The van der Waals surface area contributed by atoms with E-state index in [4.69, 9.17) is 22.1 Å². The van der Waals surface area contributed by atoms with Crippen LogP contribution in [0.5, 0.6) is 11.5 Å². The van der Waals surface area contributed by atoms with Crippen LogP contribution in [0, 0.1) is 0 Å². The van der Waals surface area contributed by atoms with Crippen LogP contribution < -0.4 is 16.0 Å². The summed E-state index contributed by atoms with van der Waals surface area (Å²) in [6.45, 7) is 0. The van der Waals surface area contributed by atoms with E-state index in [-0.39, 0.29) is 0 Å². The number of nitrogens with two attached hydrogens (primary N) is 1. The SMILES string of the molecule is Nc1nc(C(F)(F)F)cc(=O)n1/N=C/c1ccccc1Oc1ccc(Cl)cc1. The zero-order valence-corrected chi connectivity index (χ0v) is 14.8. The highest BCUT2D eigenvalue weighted by Crippen LogP contribution is 2.27. The van der Waals surface area contributed by atoms with E-state index in [0.29, 0.717) is 32.8 Å². The normalized spacial score (nSPS) is 11.7. The number of para-hydroxylation sites is 1. The van der Waals surface area contributed by atoms with E-state index in [2.05, 4.69) is 10.1 Å². The first kappa shape index (κ1) is 19.4. The monoisotopic (exact) mass is 408 g/mol. The molecule has 2 N–H and O–H groups in total. The third-order valence-corrected chi connectivity index (χ3v) is 3.74. The van der Waals surface area contributed by atoms with Crippen LogP contribution in [0.1, 0.15) is 11.3 Å². The van der Waals surface area contributed by atoms with Crippen LogP contribution in [-0.4, -0.2) is 15.9 Å². The topological polar surface area (TPSA) is 82.5 Å². The molecule has 0 bridgehead atoms. The van der Waals surface area contributed by atoms with Crippen molar-refractivity contribution >= 4 is 23.8 Å². The molecule has 2 aromatic carbocycles. The molecule has 0 fully saturated rings. The summed E-state index contributed by atoms with van der Waals surface area (Å²) in [6.07, 6.45) is -3.55. The highest BCUT2D eigenvalue weighted by molar-refractivity contribution is 6.30. The Labute approximate surface area is 161 Å². The van der Waals surface area contributed by atoms with Crippen LogP contribution in [0.2, 0.25) is 5.02 Å². The minimum atomic E-state index is -4.78. The van der Waals surface area contributed by atoms with E-state index >= 15 is 0 Å². The lowest BCUT2D eigenvalue weighted by Gasteiger charge is -2.09. The molecule has 0 amide bonds. The van der Waals surface area contributed by atoms with Gasteiger partial charge in [0, 0.05) is 16.7 Å². The molecule has 10 heteroatoms. The summed E-state index contributed by atoms with van der Waals surface area (Å²) in [5.41, 5.74) is 3.47. The van der Waals surface area contributed by atoms with E-state index in [1.165, 1.54) is 6.21 Å². The van der Waals surface area contributed by atoms with Crippen LogP contribution in [0.25, 0.3) is 0 Å². The molecule has 0 atom stereocenters. The minimum absolute atomic E-state index is 0.323. The van der Waals surface area contributed by atoms with E-state index < -0.39 is 23.4 Å². The van der Waals surface area contributed by atoms with Crippen LogP contribution in [0.3, 0.4) is 0 Å². The second-order valence-electron chi connectivity index (χ2n) is 5.49. The second kappa shape index (κ2) is 7.73. The Hall–Kier alpha value is -3.33. The summed E-state index contributed by atoms with van der Waals surface area (Å²) in [4.78, 5) is 15.1. The van der Waals surface area contributed by atoms with Gasteiger partial charge in [0.15, 0.2) is 5.69 Å². The summed E-state index contributed by atoms with van der Waals surface area (Å²) in [6, 6.07) is 13.7. The number of benzene rings is 2. The van der Waals surface area contributed by atoms with Crippen molar-refractivity contribution in [2.45, 2.75) is 6.18 Å². The lowest BCUT2D eigenvalue weighted by atomic mass is 10.2. The van der Waals surface area contributed by atoms with Gasteiger partial charge in [0.05, 0.1) is 6.21 Å². The molecule has 0 aliphatic rings. The average molecular weight is 409 g/mol. The van der Waals surface area contributed by atoms with Crippen molar-refractivity contribution in [1.82, 2.24) is 9.66 Å². The zero-order chi connectivity index (χ0) is 20.3. The molecule has 0 saturated heterocycles.